The third-order valence-corrected chi connectivity index (χ3v) is 5.10. The van der Waals surface area contributed by atoms with E-state index in [-0.39, 0.29) is 11.9 Å². The standard InChI is InChI=1S/C20H18BrN3O2/c1-13-5-7-15(8-6-13)19-22-20(26-23-19)17-9-10-18(25)24(17)12-14-3-2-4-16(21)11-14/h2-8,11,17H,9-10,12H2,1H3. The van der Waals surface area contributed by atoms with Gasteiger partial charge in [-0.25, -0.2) is 0 Å². The van der Waals surface area contributed by atoms with Crippen LogP contribution in [-0.2, 0) is 11.3 Å². The highest BCUT2D eigenvalue weighted by Crippen LogP contribution is 2.34. The first-order valence-electron chi connectivity index (χ1n) is 8.55. The van der Waals surface area contributed by atoms with Gasteiger partial charge in [-0.2, -0.15) is 4.98 Å². The van der Waals surface area contributed by atoms with Crippen LogP contribution in [0.1, 0.15) is 35.9 Å². The average Bonchev–Trinajstić information content (AvgIpc) is 3.24. The molecule has 1 aromatic heterocycles. The van der Waals surface area contributed by atoms with E-state index in [9.17, 15) is 4.79 Å². The molecule has 5 nitrogen and oxygen atoms in total. The predicted octanol–water partition coefficient (Wildman–Crippen LogP) is 4.67. The summed E-state index contributed by atoms with van der Waals surface area (Å²) in [5.41, 5.74) is 3.16. The van der Waals surface area contributed by atoms with Gasteiger partial charge in [-0.05, 0) is 31.0 Å². The molecule has 0 saturated carbocycles. The van der Waals surface area contributed by atoms with E-state index < -0.39 is 0 Å². The summed E-state index contributed by atoms with van der Waals surface area (Å²) in [5.74, 6) is 1.17. The molecule has 6 heteroatoms. The van der Waals surface area contributed by atoms with Crippen molar-refractivity contribution < 1.29 is 9.32 Å². The van der Waals surface area contributed by atoms with Crippen molar-refractivity contribution in [2.75, 3.05) is 0 Å². The molecule has 0 bridgehead atoms. The van der Waals surface area contributed by atoms with E-state index in [1.165, 1.54) is 5.56 Å². The molecule has 1 fully saturated rings. The van der Waals surface area contributed by atoms with Crippen LogP contribution in [0.2, 0.25) is 0 Å². The lowest BCUT2D eigenvalue weighted by molar-refractivity contribution is -0.129. The first-order chi connectivity index (χ1) is 12.6. The minimum atomic E-state index is -0.173. The summed E-state index contributed by atoms with van der Waals surface area (Å²) in [6.45, 7) is 2.57. The minimum Gasteiger partial charge on any atom is -0.337 e. The minimum absolute atomic E-state index is 0.116. The number of hydrogen-bond acceptors (Lipinski definition) is 4. The summed E-state index contributed by atoms with van der Waals surface area (Å²) in [5, 5.41) is 4.11. The van der Waals surface area contributed by atoms with Crippen molar-refractivity contribution in [3.63, 3.8) is 0 Å². The average molecular weight is 412 g/mol. The molecule has 3 aromatic rings. The van der Waals surface area contributed by atoms with E-state index >= 15 is 0 Å². The molecule has 0 aliphatic carbocycles. The maximum atomic E-state index is 12.4. The molecule has 1 amide bonds. The van der Waals surface area contributed by atoms with Crippen molar-refractivity contribution in [3.8, 4) is 11.4 Å². The summed E-state index contributed by atoms with van der Waals surface area (Å²) in [6.07, 6.45) is 1.20. The second kappa shape index (κ2) is 7.03. The zero-order valence-corrected chi connectivity index (χ0v) is 15.9. The van der Waals surface area contributed by atoms with Crippen LogP contribution in [0, 0.1) is 6.92 Å². The zero-order valence-electron chi connectivity index (χ0n) is 14.4. The SMILES string of the molecule is Cc1ccc(-c2noc(C3CCC(=O)N3Cc3cccc(Br)c3)n2)cc1. The van der Waals surface area contributed by atoms with Crippen molar-refractivity contribution in [1.82, 2.24) is 15.0 Å². The van der Waals surface area contributed by atoms with Gasteiger partial charge in [-0.1, -0.05) is 63.0 Å². The highest BCUT2D eigenvalue weighted by atomic mass is 79.9. The number of carbonyl (C=O) groups excluding carboxylic acids is 1. The Kier molecular flexibility index (Phi) is 4.59. The van der Waals surface area contributed by atoms with Crippen molar-refractivity contribution in [3.05, 3.63) is 70.0 Å². The summed E-state index contributed by atoms with van der Waals surface area (Å²) >= 11 is 3.48. The molecule has 0 radical (unpaired) electrons. The van der Waals surface area contributed by atoms with Crippen LogP contribution < -0.4 is 0 Å². The van der Waals surface area contributed by atoms with Gasteiger partial charge in [0.15, 0.2) is 0 Å². The number of halogens is 1. The fourth-order valence-electron chi connectivity index (χ4n) is 3.21. The fourth-order valence-corrected chi connectivity index (χ4v) is 3.66. The molecular formula is C20H18BrN3O2. The number of nitrogens with zero attached hydrogens (tertiary/aromatic N) is 3. The Hall–Kier alpha value is -2.47. The third kappa shape index (κ3) is 3.42. The van der Waals surface area contributed by atoms with Gasteiger partial charge < -0.3 is 9.42 Å². The normalized spacial score (nSPS) is 17.1. The number of likely N-dealkylation sites (tertiary alicyclic amines) is 1. The van der Waals surface area contributed by atoms with Gasteiger partial charge in [0.1, 0.15) is 6.04 Å². The number of rotatable bonds is 4. The van der Waals surface area contributed by atoms with E-state index in [0.717, 1.165) is 15.6 Å². The Morgan fingerprint density at radius 1 is 1.23 bits per heavy atom. The molecule has 26 heavy (non-hydrogen) atoms. The van der Waals surface area contributed by atoms with E-state index in [2.05, 4.69) is 26.1 Å². The monoisotopic (exact) mass is 411 g/mol. The number of aryl methyl sites for hydroxylation is 1. The summed E-state index contributed by atoms with van der Waals surface area (Å²) < 4.78 is 6.51. The maximum absolute atomic E-state index is 12.4. The quantitative estimate of drug-likeness (QED) is 0.625. The van der Waals surface area contributed by atoms with Crippen LogP contribution in [0.4, 0.5) is 0 Å². The van der Waals surface area contributed by atoms with Crippen molar-refractivity contribution in [2.45, 2.75) is 32.4 Å². The maximum Gasteiger partial charge on any atom is 0.249 e. The largest absolute Gasteiger partial charge is 0.337 e. The topological polar surface area (TPSA) is 59.2 Å². The number of carbonyl (C=O) groups is 1. The molecule has 4 rings (SSSR count). The number of aromatic nitrogens is 2. The Bertz CT molecular complexity index is 936. The molecule has 1 unspecified atom stereocenters. The molecule has 1 aliphatic heterocycles. The van der Waals surface area contributed by atoms with E-state index in [0.29, 0.717) is 31.1 Å². The summed E-state index contributed by atoms with van der Waals surface area (Å²) in [6, 6.07) is 15.8. The number of amides is 1. The van der Waals surface area contributed by atoms with Crippen molar-refractivity contribution in [1.29, 1.82) is 0 Å². The third-order valence-electron chi connectivity index (χ3n) is 4.61. The predicted molar refractivity (Wildman–Crippen MR) is 101 cm³/mol. The molecule has 1 saturated heterocycles. The lowest BCUT2D eigenvalue weighted by Gasteiger charge is -2.22. The molecule has 132 valence electrons. The fraction of sp³-hybridized carbons (Fsp3) is 0.250. The zero-order chi connectivity index (χ0) is 18.1. The summed E-state index contributed by atoms with van der Waals surface area (Å²) in [7, 11) is 0. The van der Waals surface area contributed by atoms with Crippen LogP contribution in [0.15, 0.2) is 57.5 Å². The van der Waals surface area contributed by atoms with Gasteiger partial charge in [0.2, 0.25) is 17.6 Å². The Balaban J connectivity index is 1.58. The van der Waals surface area contributed by atoms with Crippen molar-refractivity contribution in [2.24, 2.45) is 0 Å². The molecule has 0 spiro atoms. The highest BCUT2D eigenvalue weighted by Gasteiger charge is 2.36. The van der Waals surface area contributed by atoms with E-state index in [1.807, 2.05) is 60.4 Å². The van der Waals surface area contributed by atoms with Gasteiger partial charge in [0.25, 0.3) is 0 Å². The Morgan fingerprint density at radius 3 is 2.81 bits per heavy atom. The number of hydrogen-bond donors (Lipinski definition) is 0. The lowest BCUT2D eigenvalue weighted by atomic mass is 10.1. The second-order valence-electron chi connectivity index (χ2n) is 6.53. The Morgan fingerprint density at radius 2 is 2.04 bits per heavy atom. The van der Waals surface area contributed by atoms with E-state index in [1.54, 1.807) is 0 Å². The summed E-state index contributed by atoms with van der Waals surface area (Å²) in [4.78, 5) is 18.8. The van der Waals surface area contributed by atoms with Crippen LogP contribution in [0.25, 0.3) is 11.4 Å². The van der Waals surface area contributed by atoms with Gasteiger partial charge >= 0.3 is 0 Å². The van der Waals surface area contributed by atoms with Gasteiger partial charge in [0.05, 0.1) is 0 Å². The second-order valence-corrected chi connectivity index (χ2v) is 7.44. The smallest absolute Gasteiger partial charge is 0.249 e. The van der Waals surface area contributed by atoms with Crippen LogP contribution >= 0.6 is 15.9 Å². The van der Waals surface area contributed by atoms with Crippen LogP contribution in [-0.4, -0.2) is 20.9 Å². The lowest BCUT2D eigenvalue weighted by Crippen LogP contribution is -2.27. The molecule has 0 N–H and O–H groups in total. The molecular weight excluding hydrogens is 394 g/mol. The van der Waals surface area contributed by atoms with Crippen LogP contribution in [0.5, 0.6) is 0 Å². The highest BCUT2D eigenvalue weighted by molar-refractivity contribution is 9.10. The Labute approximate surface area is 160 Å². The molecule has 2 aromatic carbocycles. The number of benzene rings is 2. The van der Waals surface area contributed by atoms with E-state index in [4.69, 9.17) is 4.52 Å². The molecule has 2 heterocycles. The molecule has 1 atom stereocenters. The van der Waals surface area contributed by atoms with Gasteiger partial charge in [0, 0.05) is 23.0 Å². The van der Waals surface area contributed by atoms with Gasteiger partial charge in [-0.15, -0.1) is 0 Å². The van der Waals surface area contributed by atoms with Gasteiger partial charge in [-0.3, -0.25) is 4.79 Å². The first-order valence-corrected chi connectivity index (χ1v) is 9.34. The van der Waals surface area contributed by atoms with Crippen molar-refractivity contribution >= 4 is 21.8 Å². The first kappa shape index (κ1) is 17.0. The molecule has 1 aliphatic rings. The van der Waals surface area contributed by atoms with Crippen LogP contribution in [0.3, 0.4) is 0 Å².